The number of ether oxygens (including phenoxy) is 2. The number of carbonyl (C=O) groups is 2. The van der Waals surface area contributed by atoms with E-state index < -0.39 is 18.0 Å². The van der Waals surface area contributed by atoms with E-state index in [0.717, 1.165) is 0 Å². The van der Waals surface area contributed by atoms with Gasteiger partial charge in [0.2, 0.25) is 0 Å². The van der Waals surface area contributed by atoms with E-state index in [1.54, 1.807) is 13.0 Å². The summed E-state index contributed by atoms with van der Waals surface area (Å²) in [6.07, 6.45) is 0. The fraction of sp³-hybridized carbons (Fsp3) is 0.286. The Hall–Kier alpha value is -2.22. The predicted octanol–water partition coefficient (Wildman–Crippen LogP) is 1.96. The second kappa shape index (κ2) is 6.27. The molecule has 22 heavy (non-hydrogen) atoms. The van der Waals surface area contributed by atoms with Gasteiger partial charge in [-0.1, -0.05) is 15.9 Å². The molecule has 1 aliphatic rings. The Morgan fingerprint density at radius 1 is 1.36 bits per heavy atom. The molecule has 1 heterocycles. The Kier molecular flexibility index (Phi) is 4.60. The van der Waals surface area contributed by atoms with E-state index >= 15 is 0 Å². The van der Waals surface area contributed by atoms with Crippen LogP contribution in [-0.4, -0.2) is 31.3 Å². The highest BCUT2D eigenvalue weighted by molar-refractivity contribution is 9.10. The number of urea groups is 1. The van der Waals surface area contributed by atoms with Gasteiger partial charge in [-0.15, -0.1) is 0 Å². The Bertz CT molecular complexity index is 671. The summed E-state index contributed by atoms with van der Waals surface area (Å²) in [5, 5.41) is 15.0. The lowest BCUT2D eigenvalue weighted by Gasteiger charge is -2.28. The number of halogens is 1. The summed E-state index contributed by atoms with van der Waals surface area (Å²) >= 11 is 3.32. The van der Waals surface area contributed by atoms with E-state index in [1.165, 1.54) is 20.3 Å². The molecule has 1 atom stereocenters. The lowest BCUT2D eigenvalue weighted by atomic mass is 9.95. The molecule has 3 N–H and O–H groups in total. The van der Waals surface area contributed by atoms with Crippen LogP contribution in [0.15, 0.2) is 27.9 Å². The first kappa shape index (κ1) is 16.2. The summed E-state index contributed by atoms with van der Waals surface area (Å²) in [6, 6.07) is 1.82. The molecule has 7 nitrogen and oxygen atoms in total. The van der Waals surface area contributed by atoms with E-state index in [0.29, 0.717) is 15.7 Å². The minimum Gasteiger partial charge on any atom is -0.504 e. The molecule has 0 saturated carbocycles. The van der Waals surface area contributed by atoms with Crippen molar-refractivity contribution in [2.24, 2.45) is 0 Å². The molecule has 2 rings (SSSR count). The van der Waals surface area contributed by atoms with Crippen molar-refractivity contribution >= 4 is 27.9 Å². The molecule has 1 aromatic carbocycles. The van der Waals surface area contributed by atoms with Crippen molar-refractivity contribution in [1.82, 2.24) is 10.6 Å². The first-order chi connectivity index (χ1) is 10.4. The molecular weight excluding hydrogens is 356 g/mol. The molecule has 1 aliphatic heterocycles. The number of esters is 1. The molecule has 2 amide bonds. The van der Waals surface area contributed by atoms with Gasteiger partial charge in [0, 0.05) is 10.2 Å². The highest BCUT2D eigenvalue weighted by Gasteiger charge is 2.33. The molecule has 0 saturated heterocycles. The predicted molar refractivity (Wildman–Crippen MR) is 81.5 cm³/mol. The maximum Gasteiger partial charge on any atom is 0.337 e. The first-order valence-electron chi connectivity index (χ1n) is 6.32. The largest absolute Gasteiger partial charge is 0.504 e. The third-order valence-electron chi connectivity index (χ3n) is 3.28. The topological polar surface area (TPSA) is 96.9 Å². The maximum atomic E-state index is 12.0. The van der Waals surface area contributed by atoms with Crippen molar-refractivity contribution in [3.8, 4) is 11.5 Å². The van der Waals surface area contributed by atoms with E-state index in [2.05, 4.69) is 26.6 Å². The number of rotatable bonds is 3. The van der Waals surface area contributed by atoms with Crippen LogP contribution >= 0.6 is 15.9 Å². The average Bonchev–Trinajstić information content (AvgIpc) is 2.46. The Morgan fingerprint density at radius 2 is 2.05 bits per heavy atom. The molecule has 0 aromatic heterocycles. The summed E-state index contributed by atoms with van der Waals surface area (Å²) < 4.78 is 10.4. The standard InChI is InChI=1S/C14H15BrN2O5/c1-6-11(13(19)22-3)12(17-14(20)16-6)7-4-10(21-2)9(18)5-8(7)15/h4-5,12,18H,1-3H3,(H2,16,17,20)/t12-/m1/s1. The molecule has 118 valence electrons. The number of amides is 2. The third kappa shape index (κ3) is 2.87. The average molecular weight is 371 g/mol. The molecule has 0 radical (unpaired) electrons. The van der Waals surface area contributed by atoms with E-state index in [1.807, 2.05) is 0 Å². The second-order valence-electron chi connectivity index (χ2n) is 4.61. The smallest absolute Gasteiger partial charge is 0.337 e. The number of hydrogen-bond acceptors (Lipinski definition) is 5. The van der Waals surface area contributed by atoms with E-state index in [4.69, 9.17) is 9.47 Å². The number of allylic oxidation sites excluding steroid dienone is 1. The van der Waals surface area contributed by atoms with Crippen molar-refractivity contribution in [3.63, 3.8) is 0 Å². The van der Waals surface area contributed by atoms with Gasteiger partial charge in [0.05, 0.1) is 25.8 Å². The van der Waals surface area contributed by atoms with Crippen molar-refractivity contribution in [2.45, 2.75) is 13.0 Å². The number of hydrogen-bond donors (Lipinski definition) is 3. The molecule has 0 aliphatic carbocycles. The molecular formula is C14H15BrN2O5. The highest BCUT2D eigenvalue weighted by atomic mass is 79.9. The monoisotopic (exact) mass is 370 g/mol. The lowest BCUT2D eigenvalue weighted by Crippen LogP contribution is -2.45. The van der Waals surface area contributed by atoms with Crippen molar-refractivity contribution < 1.29 is 24.2 Å². The normalized spacial score (nSPS) is 17.6. The van der Waals surface area contributed by atoms with E-state index in [-0.39, 0.29) is 17.1 Å². The fourth-order valence-corrected chi connectivity index (χ4v) is 2.81. The quantitative estimate of drug-likeness (QED) is 0.706. The summed E-state index contributed by atoms with van der Waals surface area (Å²) in [7, 11) is 2.68. The number of benzene rings is 1. The number of aromatic hydroxyl groups is 1. The van der Waals surface area contributed by atoms with Crippen LogP contribution in [0, 0.1) is 0 Å². The van der Waals surface area contributed by atoms with Gasteiger partial charge in [-0.2, -0.15) is 0 Å². The highest BCUT2D eigenvalue weighted by Crippen LogP contribution is 2.38. The van der Waals surface area contributed by atoms with Gasteiger partial charge >= 0.3 is 12.0 Å². The van der Waals surface area contributed by atoms with Crippen LogP contribution < -0.4 is 15.4 Å². The van der Waals surface area contributed by atoms with Gasteiger partial charge in [-0.05, 0) is 24.6 Å². The summed E-state index contributed by atoms with van der Waals surface area (Å²) in [5.74, 6) is -0.388. The van der Waals surface area contributed by atoms with Crippen molar-refractivity contribution in [1.29, 1.82) is 0 Å². The number of methoxy groups -OCH3 is 2. The third-order valence-corrected chi connectivity index (χ3v) is 3.97. The van der Waals surface area contributed by atoms with Crippen molar-refractivity contribution in [2.75, 3.05) is 14.2 Å². The lowest BCUT2D eigenvalue weighted by molar-refractivity contribution is -0.136. The Labute approximate surface area is 135 Å². The van der Waals surface area contributed by atoms with Crippen molar-refractivity contribution in [3.05, 3.63) is 33.4 Å². The van der Waals surface area contributed by atoms with Gasteiger partial charge in [-0.3, -0.25) is 0 Å². The summed E-state index contributed by atoms with van der Waals surface area (Å²) in [6.45, 7) is 1.61. The number of carbonyl (C=O) groups excluding carboxylic acids is 2. The van der Waals surface area contributed by atoms with Crippen LogP contribution in [0.3, 0.4) is 0 Å². The second-order valence-corrected chi connectivity index (χ2v) is 5.46. The van der Waals surface area contributed by atoms with Gasteiger partial charge < -0.3 is 25.2 Å². The maximum absolute atomic E-state index is 12.0. The minimum absolute atomic E-state index is 0.0568. The van der Waals surface area contributed by atoms with Crippen LogP contribution in [0.1, 0.15) is 18.5 Å². The molecule has 0 bridgehead atoms. The minimum atomic E-state index is -0.731. The van der Waals surface area contributed by atoms with Gasteiger partial charge in [0.25, 0.3) is 0 Å². The zero-order valence-corrected chi connectivity index (χ0v) is 13.8. The number of phenols is 1. The zero-order valence-electron chi connectivity index (χ0n) is 12.2. The van der Waals surface area contributed by atoms with Crippen LogP contribution in [0.25, 0.3) is 0 Å². The van der Waals surface area contributed by atoms with Crippen LogP contribution in [0.4, 0.5) is 4.79 Å². The molecule has 1 aromatic rings. The first-order valence-corrected chi connectivity index (χ1v) is 7.11. The van der Waals surface area contributed by atoms with Gasteiger partial charge in [0.15, 0.2) is 11.5 Å². The van der Waals surface area contributed by atoms with Gasteiger partial charge in [0.1, 0.15) is 0 Å². The fourth-order valence-electron chi connectivity index (χ4n) is 2.25. The van der Waals surface area contributed by atoms with Crippen LogP contribution in [-0.2, 0) is 9.53 Å². The molecule has 0 unspecified atom stereocenters. The summed E-state index contributed by atoms with van der Waals surface area (Å²) in [5.41, 5.74) is 1.24. The van der Waals surface area contributed by atoms with E-state index in [9.17, 15) is 14.7 Å². The van der Waals surface area contributed by atoms with Crippen LogP contribution in [0.5, 0.6) is 11.5 Å². The molecule has 0 fully saturated rings. The number of phenolic OH excluding ortho intramolecular Hbond substituents is 1. The van der Waals surface area contributed by atoms with Crippen LogP contribution in [0.2, 0.25) is 0 Å². The SMILES string of the molecule is COC(=O)C1=C(C)NC(=O)N[C@@H]1c1cc(OC)c(O)cc1Br. The van der Waals surface area contributed by atoms with Gasteiger partial charge in [-0.25, -0.2) is 9.59 Å². The number of nitrogens with one attached hydrogen (secondary N) is 2. The zero-order chi connectivity index (χ0) is 16.4. The Balaban J connectivity index is 2.60. The molecule has 0 spiro atoms. The Morgan fingerprint density at radius 3 is 2.64 bits per heavy atom. The molecule has 8 heteroatoms. The summed E-state index contributed by atoms with van der Waals surface area (Å²) in [4.78, 5) is 23.8.